The third kappa shape index (κ3) is 3.78. The number of aliphatic carboxylic acids is 1. The number of carboxylic acids is 1. The standard InChI is InChI=1S/C19H14N4O5S/c1-27-14-8-11(2-3-13(14)28-10-16(24)25)9-15-18(26)23-19(29-15)21-17(22-23)12-4-6-20-7-5-12/h2-9H,10H2,1H3,(H,24,25). The van der Waals surface area contributed by atoms with Crippen LogP contribution >= 0.6 is 11.3 Å². The Morgan fingerprint density at radius 2 is 2.03 bits per heavy atom. The van der Waals surface area contributed by atoms with Gasteiger partial charge in [0.2, 0.25) is 4.96 Å². The summed E-state index contributed by atoms with van der Waals surface area (Å²) in [5.74, 6) is 0.0501. The Morgan fingerprint density at radius 3 is 2.72 bits per heavy atom. The largest absolute Gasteiger partial charge is 0.493 e. The van der Waals surface area contributed by atoms with Gasteiger partial charge in [0.1, 0.15) is 0 Å². The zero-order chi connectivity index (χ0) is 20.4. The molecule has 0 saturated heterocycles. The quantitative estimate of drug-likeness (QED) is 0.505. The van der Waals surface area contributed by atoms with E-state index in [2.05, 4.69) is 15.1 Å². The third-order valence-corrected chi connectivity index (χ3v) is 4.92. The average Bonchev–Trinajstić information content (AvgIpc) is 3.27. The van der Waals surface area contributed by atoms with Crippen LogP contribution < -0.4 is 19.6 Å². The number of carbonyl (C=O) groups is 1. The van der Waals surface area contributed by atoms with Crippen LogP contribution in [0, 0.1) is 0 Å². The van der Waals surface area contributed by atoms with E-state index in [0.29, 0.717) is 32.4 Å². The van der Waals surface area contributed by atoms with Gasteiger partial charge in [0.25, 0.3) is 5.56 Å². The molecule has 0 atom stereocenters. The van der Waals surface area contributed by atoms with Crippen LogP contribution in [0.25, 0.3) is 22.4 Å². The first kappa shape index (κ1) is 18.6. The molecule has 0 unspecified atom stereocenters. The van der Waals surface area contributed by atoms with Crippen LogP contribution in [0.4, 0.5) is 0 Å². The highest BCUT2D eigenvalue weighted by Gasteiger charge is 2.12. The van der Waals surface area contributed by atoms with Crippen molar-refractivity contribution in [2.75, 3.05) is 13.7 Å². The van der Waals surface area contributed by atoms with E-state index >= 15 is 0 Å². The maximum atomic E-state index is 12.7. The number of pyridine rings is 1. The van der Waals surface area contributed by atoms with E-state index in [1.54, 1.807) is 48.8 Å². The van der Waals surface area contributed by atoms with Crippen molar-refractivity contribution in [3.63, 3.8) is 0 Å². The number of fused-ring (bicyclic) bond motifs is 1. The number of thiazole rings is 1. The molecule has 0 aliphatic heterocycles. The molecule has 3 heterocycles. The number of nitrogens with zero attached hydrogens (tertiary/aromatic N) is 4. The Hall–Kier alpha value is -3.79. The normalized spacial score (nSPS) is 11.7. The van der Waals surface area contributed by atoms with Gasteiger partial charge in [0.15, 0.2) is 23.9 Å². The highest BCUT2D eigenvalue weighted by Crippen LogP contribution is 2.28. The maximum Gasteiger partial charge on any atom is 0.341 e. The SMILES string of the molecule is COc1cc(C=c2sc3nc(-c4ccncc4)nn3c2=O)ccc1OCC(=O)O. The van der Waals surface area contributed by atoms with Crippen LogP contribution in [0.5, 0.6) is 11.5 Å². The van der Waals surface area contributed by atoms with Crippen molar-refractivity contribution >= 4 is 28.3 Å². The summed E-state index contributed by atoms with van der Waals surface area (Å²) in [6, 6.07) is 8.51. The first-order chi connectivity index (χ1) is 14.0. The highest BCUT2D eigenvalue weighted by molar-refractivity contribution is 7.15. The van der Waals surface area contributed by atoms with Gasteiger partial charge in [-0.25, -0.2) is 4.79 Å². The Balaban J connectivity index is 1.69. The lowest BCUT2D eigenvalue weighted by Crippen LogP contribution is -2.23. The van der Waals surface area contributed by atoms with Gasteiger partial charge in [0, 0.05) is 18.0 Å². The van der Waals surface area contributed by atoms with E-state index in [0.717, 1.165) is 5.56 Å². The summed E-state index contributed by atoms with van der Waals surface area (Å²) in [6.07, 6.45) is 4.97. The minimum atomic E-state index is -1.08. The van der Waals surface area contributed by atoms with Gasteiger partial charge in [0.05, 0.1) is 11.6 Å². The van der Waals surface area contributed by atoms with E-state index in [4.69, 9.17) is 14.6 Å². The van der Waals surface area contributed by atoms with Crippen molar-refractivity contribution in [3.8, 4) is 22.9 Å². The predicted molar refractivity (Wildman–Crippen MR) is 105 cm³/mol. The molecule has 0 amide bonds. The van der Waals surface area contributed by atoms with Crippen molar-refractivity contribution in [2.45, 2.75) is 0 Å². The Morgan fingerprint density at radius 1 is 1.24 bits per heavy atom. The van der Waals surface area contributed by atoms with Crippen LogP contribution in [-0.2, 0) is 4.79 Å². The number of benzene rings is 1. The molecule has 4 rings (SSSR count). The van der Waals surface area contributed by atoms with E-state index in [-0.39, 0.29) is 5.56 Å². The molecule has 4 aromatic rings. The van der Waals surface area contributed by atoms with Crippen molar-refractivity contribution < 1.29 is 19.4 Å². The van der Waals surface area contributed by atoms with Gasteiger partial charge >= 0.3 is 5.97 Å². The van der Waals surface area contributed by atoms with E-state index in [1.165, 1.54) is 23.0 Å². The van der Waals surface area contributed by atoms with Crippen LogP contribution in [0.1, 0.15) is 5.56 Å². The number of hydrogen-bond acceptors (Lipinski definition) is 8. The molecule has 1 N–H and O–H groups in total. The number of carboxylic acid groups (broad SMARTS) is 1. The third-order valence-electron chi connectivity index (χ3n) is 3.96. The van der Waals surface area contributed by atoms with Crippen molar-refractivity contribution in [3.05, 3.63) is 63.2 Å². The minimum Gasteiger partial charge on any atom is -0.493 e. The van der Waals surface area contributed by atoms with E-state index < -0.39 is 12.6 Å². The topological polar surface area (TPSA) is 116 Å². The molecule has 0 aliphatic rings. The molecule has 0 aliphatic carbocycles. The molecule has 10 heteroatoms. The highest BCUT2D eigenvalue weighted by atomic mass is 32.1. The van der Waals surface area contributed by atoms with E-state index in [1.807, 2.05) is 0 Å². The molecule has 0 bridgehead atoms. The Kier molecular flexibility index (Phi) is 4.92. The first-order valence-corrected chi connectivity index (χ1v) is 9.21. The van der Waals surface area contributed by atoms with Gasteiger partial charge in [-0.05, 0) is 35.9 Å². The van der Waals surface area contributed by atoms with E-state index in [9.17, 15) is 9.59 Å². The summed E-state index contributed by atoms with van der Waals surface area (Å²) in [7, 11) is 1.45. The smallest absolute Gasteiger partial charge is 0.341 e. The summed E-state index contributed by atoms with van der Waals surface area (Å²) < 4.78 is 12.2. The molecule has 0 radical (unpaired) electrons. The number of methoxy groups -OCH3 is 1. The summed E-state index contributed by atoms with van der Waals surface area (Å²) >= 11 is 1.22. The number of hydrogen-bond donors (Lipinski definition) is 1. The number of aromatic nitrogens is 4. The Bertz CT molecular complexity index is 1300. The summed E-state index contributed by atoms with van der Waals surface area (Å²) in [5.41, 5.74) is 1.20. The van der Waals surface area contributed by atoms with Crippen LogP contribution in [-0.4, -0.2) is 44.4 Å². The first-order valence-electron chi connectivity index (χ1n) is 8.39. The molecule has 1 aromatic carbocycles. The van der Waals surface area contributed by atoms with Crippen LogP contribution in [0.2, 0.25) is 0 Å². The molecule has 146 valence electrons. The molecule has 0 fully saturated rings. The van der Waals surface area contributed by atoms with Gasteiger partial charge in [-0.2, -0.15) is 9.50 Å². The average molecular weight is 410 g/mol. The lowest BCUT2D eigenvalue weighted by molar-refractivity contribution is -0.139. The summed E-state index contributed by atoms with van der Waals surface area (Å²) in [5, 5.41) is 13.0. The molecule has 0 saturated carbocycles. The number of rotatable bonds is 6. The lowest BCUT2D eigenvalue weighted by Gasteiger charge is -2.09. The molecule has 0 spiro atoms. The monoisotopic (exact) mass is 410 g/mol. The van der Waals surface area contributed by atoms with Crippen molar-refractivity contribution in [2.24, 2.45) is 0 Å². The second-order valence-corrected chi connectivity index (χ2v) is 6.88. The van der Waals surface area contributed by atoms with Crippen LogP contribution in [0.3, 0.4) is 0 Å². The van der Waals surface area contributed by atoms with Crippen molar-refractivity contribution in [1.82, 2.24) is 19.6 Å². The van der Waals surface area contributed by atoms with Gasteiger partial charge < -0.3 is 14.6 Å². The fourth-order valence-electron chi connectivity index (χ4n) is 2.64. The zero-order valence-corrected chi connectivity index (χ0v) is 15.9. The fourth-order valence-corrected chi connectivity index (χ4v) is 3.55. The molecular weight excluding hydrogens is 396 g/mol. The fraction of sp³-hybridized carbons (Fsp3) is 0.105. The number of ether oxygens (including phenoxy) is 2. The van der Waals surface area contributed by atoms with Gasteiger partial charge in [-0.1, -0.05) is 17.4 Å². The molecule has 29 heavy (non-hydrogen) atoms. The van der Waals surface area contributed by atoms with Gasteiger partial charge in [-0.3, -0.25) is 9.78 Å². The molecular formula is C19H14N4O5S. The minimum absolute atomic E-state index is 0.275. The zero-order valence-electron chi connectivity index (χ0n) is 15.1. The van der Waals surface area contributed by atoms with Crippen molar-refractivity contribution in [1.29, 1.82) is 0 Å². The Labute approximate surface area is 167 Å². The summed E-state index contributed by atoms with van der Waals surface area (Å²) in [6.45, 7) is -0.474. The second kappa shape index (κ2) is 7.68. The lowest BCUT2D eigenvalue weighted by atomic mass is 10.2. The molecule has 9 nitrogen and oxygen atoms in total. The second-order valence-electron chi connectivity index (χ2n) is 5.87. The summed E-state index contributed by atoms with van der Waals surface area (Å²) in [4.78, 5) is 32.2. The van der Waals surface area contributed by atoms with Gasteiger partial charge in [-0.15, -0.1) is 5.10 Å². The predicted octanol–water partition coefficient (Wildman–Crippen LogP) is 1.23. The molecule has 3 aromatic heterocycles. The maximum absolute atomic E-state index is 12.7. The van der Waals surface area contributed by atoms with Crippen LogP contribution in [0.15, 0.2) is 47.5 Å².